The minimum atomic E-state index is -0.945. The van der Waals surface area contributed by atoms with E-state index in [2.05, 4.69) is 23.8 Å². The van der Waals surface area contributed by atoms with E-state index in [4.69, 9.17) is 9.84 Å². The smallest absolute Gasteiger partial charge is 0.407 e. The van der Waals surface area contributed by atoms with Gasteiger partial charge >= 0.3 is 6.09 Å². The molecule has 0 spiro atoms. The number of rotatable bonds is 9. The van der Waals surface area contributed by atoms with Crippen LogP contribution in [0.4, 0.5) is 16.3 Å². The topological polar surface area (TPSA) is 99.1 Å². The zero-order chi connectivity index (χ0) is 24.8. The van der Waals surface area contributed by atoms with Crippen molar-refractivity contribution in [1.29, 1.82) is 0 Å². The van der Waals surface area contributed by atoms with Crippen LogP contribution in [-0.4, -0.2) is 78.1 Å². The van der Waals surface area contributed by atoms with Crippen LogP contribution in [0.1, 0.15) is 36.2 Å². The summed E-state index contributed by atoms with van der Waals surface area (Å²) in [6.45, 7) is 6.10. The van der Waals surface area contributed by atoms with Gasteiger partial charge in [0.25, 0.3) is 5.91 Å². The number of amides is 2. The highest BCUT2D eigenvalue weighted by Crippen LogP contribution is 2.27. The molecule has 1 aromatic carbocycles. The normalized spacial score (nSPS) is 14.7. The summed E-state index contributed by atoms with van der Waals surface area (Å²) >= 11 is 1.45. The molecule has 0 bridgehead atoms. The SMILES string of the molecule is CSc1ncc2c(n1)N(C)CCN(c1cccc(COC(CCN(C)C(=O)O)C(C)C)c1)C2=O. The number of ether oxygens (including phenoxy) is 1. The number of carboxylic acid groups (broad SMARTS) is 1. The molecule has 34 heavy (non-hydrogen) atoms. The zero-order valence-corrected chi connectivity index (χ0v) is 21.2. The van der Waals surface area contributed by atoms with Crippen molar-refractivity contribution in [3.05, 3.63) is 41.6 Å². The van der Waals surface area contributed by atoms with Gasteiger partial charge in [0.05, 0.1) is 12.7 Å². The summed E-state index contributed by atoms with van der Waals surface area (Å²) < 4.78 is 6.16. The Morgan fingerprint density at radius 1 is 1.32 bits per heavy atom. The molecule has 0 fully saturated rings. The quantitative estimate of drug-likeness (QED) is 0.421. The Bertz CT molecular complexity index is 1020. The van der Waals surface area contributed by atoms with E-state index in [0.29, 0.717) is 49.2 Å². The van der Waals surface area contributed by atoms with Crippen LogP contribution in [0, 0.1) is 5.92 Å². The number of likely N-dealkylation sites (N-methyl/N-ethyl adjacent to an activating group) is 1. The predicted molar refractivity (Wildman–Crippen MR) is 134 cm³/mol. The number of carbonyl (C=O) groups is 2. The van der Waals surface area contributed by atoms with Crippen LogP contribution in [0.3, 0.4) is 0 Å². The summed E-state index contributed by atoms with van der Waals surface area (Å²) in [5.74, 6) is 0.773. The molecule has 0 radical (unpaired) electrons. The summed E-state index contributed by atoms with van der Waals surface area (Å²) in [7, 11) is 3.49. The van der Waals surface area contributed by atoms with E-state index in [0.717, 1.165) is 11.3 Å². The molecule has 2 heterocycles. The van der Waals surface area contributed by atoms with Gasteiger partial charge in [-0.1, -0.05) is 37.7 Å². The molecule has 184 valence electrons. The maximum atomic E-state index is 13.4. The third kappa shape index (κ3) is 6.18. The lowest BCUT2D eigenvalue weighted by molar-refractivity contribution is 0.00129. The van der Waals surface area contributed by atoms with Crippen LogP contribution in [0.15, 0.2) is 35.6 Å². The van der Waals surface area contributed by atoms with Crippen LogP contribution in [0.25, 0.3) is 0 Å². The second kappa shape index (κ2) is 11.5. The largest absolute Gasteiger partial charge is 0.465 e. The lowest BCUT2D eigenvalue weighted by Crippen LogP contribution is -2.33. The van der Waals surface area contributed by atoms with Gasteiger partial charge in [-0.15, -0.1) is 0 Å². The first kappa shape index (κ1) is 25.8. The maximum absolute atomic E-state index is 13.4. The van der Waals surface area contributed by atoms with Gasteiger partial charge in [0.2, 0.25) is 0 Å². The lowest BCUT2D eigenvalue weighted by Gasteiger charge is -2.25. The Labute approximate surface area is 205 Å². The average molecular weight is 488 g/mol. The number of hydrogen-bond acceptors (Lipinski definition) is 7. The molecule has 1 atom stereocenters. The molecule has 2 aromatic rings. The van der Waals surface area contributed by atoms with Crippen molar-refractivity contribution in [3.63, 3.8) is 0 Å². The number of nitrogens with zero attached hydrogens (tertiary/aromatic N) is 5. The van der Waals surface area contributed by atoms with Gasteiger partial charge in [0.1, 0.15) is 11.4 Å². The Kier molecular flexibility index (Phi) is 8.73. The highest BCUT2D eigenvalue weighted by molar-refractivity contribution is 7.98. The fourth-order valence-electron chi connectivity index (χ4n) is 3.79. The molecule has 10 heteroatoms. The van der Waals surface area contributed by atoms with Crippen molar-refractivity contribution in [2.75, 3.05) is 49.8 Å². The van der Waals surface area contributed by atoms with Gasteiger partial charge in [-0.25, -0.2) is 14.8 Å². The standard InChI is InChI=1S/C24H33N5O4S/c1-16(2)20(9-10-28(4)24(31)32)33-15-17-7-6-8-18(13-17)29-12-11-27(3)21-19(22(29)30)14-25-23(26-21)34-5/h6-8,13-14,16,20H,9-12,15H2,1-5H3,(H,31,32). The summed E-state index contributed by atoms with van der Waals surface area (Å²) in [5, 5.41) is 9.72. The monoisotopic (exact) mass is 487 g/mol. The highest BCUT2D eigenvalue weighted by atomic mass is 32.2. The first-order valence-electron chi connectivity index (χ1n) is 11.3. The van der Waals surface area contributed by atoms with E-state index in [1.165, 1.54) is 16.7 Å². The second-order valence-electron chi connectivity index (χ2n) is 8.73. The van der Waals surface area contributed by atoms with Crippen molar-refractivity contribution in [1.82, 2.24) is 14.9 Å². The maximum Gasteiger partial charge on any atom is 0.407 e. The van der Waals surface area contributed by atoms with Crippen LogP contribution in [-0.2, 0) is 11.3 Å². The van der Waals surface area contributed by atoms with Crippen molar-refractivity contribution in [3.8, 4) is 0 Å². The number of aromatic nitrogens is 2. The first-order valence-corrected chi connectivity index (χ1v) is 12.5. The van der Waals surface area contributed by atoms with E-state index in [1.54, 1.807) is 18.1 Å². The summed E-state index contributed by atoms with van der Waals surface area (Å²) in [4.78, 5) is 38.3. The molecule has 2 amide bonds. The van der Waals surface area contributed by atoms with Crippen LogP contribution < -0.4 is 9.80 Å². The average Bonchev–Trinajstić information content (AvgIpc) is 2.94. The summed E-state index contributed by atoms with van der Waals surface area (Å²) in [5.41, 5.74) is 2.24. The van der Waals surface area contributed by atoms with Crippen LogP contribution in [0.5, 0.6) is 0 Å². The van der Waals surface area contributed by atoms with Gasteiger partial charge < -0.3 is 24.5 Å². The lowest BCUT2D eigenvalue weighted by atomic mass is 10.0. The van der Waals surface area contributed by atoms with E-state index >= 15 is 0 Å². The van der Waals surface area contributed by atoms with Gasteiger partial charge in [0, 0.05) is 45.6 Å². The van der Waals surface area contributed by atoms with Gasteiger partial charge in [-0.2, -0.15) is 0 Å². The van der Waals surface area contributed by atoms with Crippen molar-refractivity contribution in [2.45, 2.75) is 38.1 Å². The van der Waals surface area contributed by atoms with E-state index in [9.17, 15) is 9.59 Å². The van der Waals surface area contributed by atoms with Gasteiger partial charge in [-0.3, -0.25) is 4.79 Å². The Hall–Kier alpha value is -2.85. The number of benzene rings is 1. The summed E-state index contributed by atoms with van der Waals surface area (Å²) in [6, 6.07) is 7.79. The number of thioether (sulfide) groups is 1. The van der Waals surface area contributed by atoms with Crippen molar-refractivity contribution < 1.29 is 19.4 Å². The Balaban J connectivity index is 1.74. The van der Waals surface area contributed by atoms with E-state index < -0.39 is 6.09 Å². The number of fused-ring (bicyclic) bond motifs is 1. The number of hydrogen-bond donors (Lipinski definition) is 1. The minimum absolute atomic E-state index is 0.0754. The molecular formula is C24H33N5O4S. The van der Waals surface area contributed by atoms with Crippen LogP contribution in [0.2, 0.25) is 0 Å². The van der Waals surface area contributed by atoms with Crippen molar-refractivity contribution in [2.24, 2.45) is 5.92 Å². The molecule has 1 aromatic heterocycles. The Morgan fingerprint density at radius 2 is 2.09 bits per heavy atom. The third-order valence-corrected chi connectivity index (χ3v) is 6.49. The fourth-order valence-corrected chi connectivity index (χ4v) is 4.13. The number of anilines is 2. The molecular weight excluding hydrogens is 454 g/mol. The molecule has 1 unspecified atom stereocenters. The predicted octanol–water partition coefficient (Wildman–Crippen LogP) is 3.84. The third-order valence-electron chi connectivity index (χ3n) is 5.93. The summed E-state index contributed by atoms with van der Waals surface area (Å²) in [6.07, 6.45) is 3.12. The zero-order valence-electron chi connectivity index (χ0n) is 20.4. The first-order chi connectivity index (χ1) is 16.2. The molecule has 0 aliphatic carbocycles. The fraction of sp³-hybridized carbons (Fsp3) is 0.500. The van der Waals surface area contributed by atoms with E-state index in [1.807, 2.05) is 42.5 Å². The van der Waals surface area contributed by atoms with Gasteiger partial charge in [-0.05, 0) is 36.3 Å². The van der Waals surface area contributed by atoms with Crippen LogP contribution >= 0.6 is 11.8 Å². The molecule has 0 saturated heterocycles. The molecule has 3 rings (SSSR count). The van der Waals surface area contributed by atoms with Crippen molar-refractivity contribution >= 4 is 35.3 Å². The molecule has 1 N–H and O–H groups in total. The minimum Gasteiger partial charge on any atom is -0.465 e. The molecule has 1 aliphatic heterocycles. The molecule has 9 nitrogen and oxygen atoms in total. The molecule has 1 aliphatic rings. The number of carbonyl (C=O) groups excluding carboxylic acids is 1. The highest BCUT2D eigenvalue weighted by Gasteiger charge is 2.28. The van der Waals surface area contributed by atoms with Gasteiger partial charge in [0.15, 0.2) is 5.16 Å². The Morgan fingerprint density at radius 3 is 2.76 bits per heavy atom. The second-order valence-corrected chi connectivity index (χ2v) is 9.50. The molecule has 0 saturated carbocycles. The van der Waals surface area contributed by atoms with E-state index in [-0.39, 0.29) is 17.9 Å².